The van der Waals surface area contributed by atoms with Crippen LogP contribution in [0.4, 0.5) is 0 Å². The van der Waals surface area contributed by atoms with E-state index in [0.29, 0.717) is 18.2 Å². The highest BCUT2D eigenvalue weighted by Crippen LogP contribution is 2.33. The molecule has 0 fully saturated rings. The Morgan fingerprint density at radius 2 is 1.72 bits per heavy atom. The Kier molecular flexibility index (Phi) is 10.2. The summed E-state index contributed by atoms with van der Waals surface area (Å²) in [5, 5.41) is 11.7. The van der Waals surface area contributed by atoms with Gasteiger partial charge in [-0.2, -0.15) is 0 Å². The van der Waals surface area contributed by atoms with E-state index in [1.165, 1.54) is 23.8 Å². The SMILES string of the molecule is CC(=O)OCCn1cc[n+](Cc2ccccc2)c1C.Oc1sccc1-c1ccccc1.[Br-]. The summed E-state index contributed by atoms with van der Waals surface area (Å²) in [4.78, 5) is 10.7. The number of carbonyl (C=O) groups excluding carboxylic acids is 1. The smallest absolute Gasteiger partial charge is 0.302 e. The van der Waals surface area contributed by atoms with Crippen molar-refractivity contribution in [3.8, 4) is 16.2 Å². The molecular weight excluding hydrogens is 488 g/mol. The van der Waals surface area contributed by atoms with E-state index in [2.05, 4.69) is 34.4 Å². The van der Waals surface area contributed by atoms with Crippen molar-refractivity contribution < 1.29 is 36.2 Å². The maximum absolute atomic E-state index is 10.7. The van der Waals surface area contributed by atoms with Crippen molar-refractivity contribution in [3.05, 3.63) is 95.9 Å². The summed E-state index contributed by atoms with van der Waals surface area (Å²) in [6, 6.07) is 22.1. The number of thiophene rings is 1. The number of hydrogen-bond acceptors (Lipinski definition) is 4. The summed E-state index contributed by atoms with van der Waals surface area (Å²) >= 11 is 1.35. The molecule has 0 amide bonds. The maximum Gasteiger partial charge on any atom is 0.302 e. The first kappa shape index (κ1) is 25.4. The Bertz CT molecular complexity index is 1090. The third-order valence-corrected chi connectivity index (χ3v) is 5.54. The van der Waals surface area contributed by atoms with Crippen LogP contribution in [0.1, 0.15) is 18.3 Å². The van der Waals surface area contributed by atoms with Crippen molar-refractivity contribution >= 4 is 17.3 Å². The lowest BCUT2D eigenvalue weighted by Gasteiger charge is -2.02. The van der Waals surface area contributed by atoms with Gasteiger partial charge in [0, 0.05) is 19.4 Å². The molecule has 4 rings (SSSR count). The number of benzene rings is 2. The Labute approximate surface area is 203 Å². The van der Waals surface area contributed by atoms with Gasteiger partial charge in [-0.1, -0.05) is 60.7 Å². The van der Waals surface area contributed by atoms with Crippen LogP contribution < -0.4 is 21.5 Å². The molecule has 0 aliphatic heterocycles. The van der Waals surface area contributed by atoms with Crippen molar-refractivity contribution in [2.75, 3.05) is 6.61 Å². The number of hydrogen-bond donors (Lipinski definition) is 1. The molecule has 0 saturated heterocycles. The average Bonchev–Trinajstić information content (AvgIpc) is 3.36. The highest BCUT2D eigenvalue weighted by molar-refractivity contribution is 7.12. The molecule has 0 aliphatic rings. The van der Waals surface area contributed by atoms with Crippen molar-refractivity contribution in [2.45, 2.75) is 26.9 Å². The van der Waals surface area contributed by atoms with E-state index in [1.54, 1.807) is 0 Å². The van der Waals surface area contributed by atoms with Gasteiger partial charge in [-0.25, -0.2) is 9.13 Å². The molecule has 2 aromatic heterocycles. The first-order valence-electron chi connectivity index (χ1n) is 10.1. The molecule has 0 bridgehead atoms. The number of carbonyl (C=O) groups is 1. The minimum atomic E-state index is -0.234. The second-order valence-electron chi connectivity index (χ2n) is 7.00. The van der Waals surface area contributed by atoms with E-state index < -0.39 is 0 Å². The number of aromatic hydroxyl groups is 1. The van der Waals surface area contributed by atoms with E-state index in [4.69, 9.17) is 4.74 Å². The van der Waals surface area contributed by atoms with Gasteiger partial charge in [0.2, 0.25) is 0 Å². The molecule has 168 valence electrons. The van der Waals surface area contributed by atoms with Crippen molar-refractivity contribution in [1.82, 2.24) is 4.57 Å². The fraction of sp³-hybridized carbons (Fsp3) is 0.200. The Balaban J connectivity index is 0.000000241. The van der Waals surface area contributed by atoms with Crippen LogP contribution in [0.15, 0.2) is 84.5 Å². The van der Waals surface area contributed by atoms with Crippen LogP contribution in [0.25, 0.3) is 11.1 Å². The van der Waals surface area contributed by atoms with Gasteiger partial charge in [0.15, 0.2) is 5.06 Å². The Morgan fingerprint density at radius 1 is 1.06 bits per heavy atom. The van der Waals surface area contributed by atoms with Gasteiger partial charge in [0.05, 0.1) is 0 Å². The van der Waals surface area contributed by atoms with E-state index in [0.717, 1.165) is 23.5 Å². The van der Waals surface area contributed by atoms with Crippen LogP contribution in [0.5, 0.6) is 5.06 Å². The van der Waals surface area contributed by atoms with Gasteiger partial charge < -0.3 is 26.8 Å². The fourth-order valence-electron chi connectivity index (χ4n) is 3.15. The zero-order valence-corrected chi connectivity index (χ0v) is 20.6. The number of esters is 1. The minimum Gasteiger partial charge on any atom is -1.00 e. The third-order valence-electron chi connectivity index (χ3n) is 4.82. The van der Waals surface area contributed by atoms with E-state index in [1.807, 2.05) is 66.2 Å². The molecule has 0 unspecified atom stereocenters. The summed E-state index contributed by atoms with van der Waals surface area (Å²) in [5.41, 5.74) is 3.25. The van der Waals surface area contributed by atoms with Gasteiger partial charge in [-0.05, 0) is 22.6 Å². The lowest BCUT2D eigenvalue weighted by molar-refractivity contribution is -0.694. The van der Waals surface area contributed by atoms with E-state index in [9.17, 15) is 9.90 Å². The fourth-order valence-corrected chi connectivity index (χ4v) is 3.80. The molecule has 0 aliphatic carbocycles. The van der Waals surface area contributed by atoms with Crippen molar-refractivity contribution in [3.63, 3.8) is 0 Å². The molecule has 7 heteroatoms. The molecule has 0 radical (unpaired) electrons. The first-order valence-corrected chi connectivity index (χ1v) is 11.0. The highest BCUT2D eigenvalue weighted by Gasteiger charge is 2.12. The monoisotopic (exact) mass is 514 g/mol. The number of imidazole rings is 1. The summed E-state index contributed by atoms with van der Waals surface area (Å²) in [7, 11) is 0. The summed E-state index contributed by atoms with van der Waals surface area (Å²) in [5.74, 6) is 0.915. The zero-order chi connectivity index (χ0) is 22.1. The van der Waals surface area contributed by atoms with E-state index in [-0.39, 0.29) is 23.0 Å². The van der Waals surface area contributed by atoms with Gasteiger partial charge in [0.1, 0.15) is 32.1 Å². The number of halogens is 1. The van der Waals surface area contributed by atoms with Gasteiger partial charge in [-0.15, -0.1) is 11.3 Å². The first-order chi connectivity index (χ1) is 15.0. The minimum absolute atomic E-state index is 0. The Hall–Kier alpha value is -2.90. The van der Waals surface area contributed by atoms with Crippen LogP contribution in [0, 0.1) is 6.92 Å². The standard InChI is InChI=1S/C15H19N2O2.C10H8OS.BrH/c1-13-16(10-11-19-14(2)18)8-9-17(13)12-15-6-4-3-5-7-15;11-10-9(6-7-12-10)8-4-2-1-3-5-8;/h3-9H,10-12H2,1-2H3;1-7,11H;1H/q+1;;/p-1. The number of ether oxygens (including phenoxy) is 1. The highest BCUT2D eigenvalue weighted by atomic mass is 79.9. The van der Waals surface area contributed by atoms with Crippen molar-refractivity contribution in [2.24, 2.45) is 0 Å². The molecule has 0 saturated carbocycles. The zero-order valence-electron chi connectivity index (χ0n) is 18.1. The Morgan fingerprint density at radius 3 is 2.31 bits per heavy atom. The lowest BCUT2D eigenvalue weighted by atomic mass is 10.1. The normalized spacial score (nSPS) is 9.94. The third kappa shape index (κ3) is 7.35. The summed E-state index contributed by atoms with van der Waals surface area (Å²) in [6.45, 7) is 5.45. The lowest BCUT2D eigenvalue weighted by Crippen LogP contribution is -3.00. The second-order valence-corrected chi connectivity index (χ2v) is 7.89. The maximum atomic E-state index is 10.7. The van der Waals surface area contributed by atoms with Gasteiger partial charge in [0.25, 0.3) is 5.82 Å². The molecule has 2 heterocycles. The molecule has 4 aromatic rings. The largest absolute Gasteiger partial charge is 1.00 e. The van der Waals surface area contributed by atoms with Gasteiger partial charge >= 0.3 is 5.97 Å². The van der Waals surface area contributed by atoms with Gasteiger partial charge in [-0.3, -0.25) is 4.79 Å². The molecule has 1 N–H and O–H groups in total. The van der Waals surface area contributed by atoms with Crippen LogP contribution in [-0.4, -0.2) is 22.2 Å². The predicted octanol–water partition coefficient (Wildman–Crippen LogP) is 1.82. The van der Waals surface area contributed by atoms with Crippen LogP contribution in [0.3, 0.4) is 0 Å². The van der Waals surface area contributed by atoms with Crippen molar-refractivity contribution in [1.29, 1.82) is 0 Å². The summed E-state index contributed by atoms with van der Waals surface area (Å²) < 4.78 is 9.23. The second kappa shape index (κ2) is 12.8. The van der Waals surface area contributed by atoms with Crippen LogP contribution >= 0.6 is 11.3 Å². The van der Waals surface area contributed by atoms with Crippen LogP contribution in [-0.2, 0) is 22.6 Å². The molecule has 2 aromatic carbocycles. The molecule has 5 nitrogen and oxygen atoms in total. The molecule has 0 spiro atoms. The number of nitrogens with zero attached hydrogens (tertiary/aromatic N) is 2. The number of aromatic nitrogens is 2. The summed E-state index contributed by atoms with van der Waals surface area (Å²) in [6.07, 6.45) is 4.07. The predicted molar refractivity (Wildman–Crippen MR) is 123 cm³/mol. The topological polar surface area (TPSA) is 55.3 Å². The van der Waals surface area contributed by atoms with Crippen LogP contribution in [0.2, 0.25) is 0 Å². The number of rotatable bonds is 6. The van der Waals surface area contributed by atoms with E-state index >= 15 is 0 Å². The quantitative estimate of drug-likeness (QED) is 0.315. The molecular formula is C25H27BrN2O3S. The molecule has 32 heavy (non-hydrogen) atoms. The average molecular weight is 515 g/mol. The molecule has 0 atom stereocenters.